The number of carbonyl (C=O) groups is 6. The third-order valence-corrected chi connectivity index (χ3v) is 11.2. The molecule has 7 atom stereocenters. The molecule has 6 N–H and O–H groups in total. The van der Waals surface area contributed by atoms with E-state index in [0.717, 1.165) is 24.8 Å². The van der Waals surface area contributed by atoms with Crippen LogP contribution >= 0.6 is 0 Å². The largest absolute Gasteiger partial charge is 0.350 e. The molecule has 6 amide bonds. The standard InChI is InChI=1S/C41H58N8O6/c1-24(42-6)35(50)44-29-19-20-48(22-29)39(54)28-17-15-27(16-18-28)37(52)45-30-21-33(38(53)46-32-14-10-12-26-11-8-9-13-31(26)32)49(23-30)40(55)34(41(3,4)5)47-36(51)25(2)43-7/h8-9,11,13,15-18,24-25,29-30,32-34,42-43H,10,12,14,19-23H2,1-7H3,(H,44,50)(H,45,52)(H,46,53)(H,47,51)/t24-,25-,29-,30-,32+,33-,34+/m0/s1. The van der Waals surface area contributed by atoms with E-state index in [-0.39, 0.29) is 54.7 Å². The van der Waals surface area contributed by atoms with Gasteiger partial charge in [-0.25, -0.2) is 0 Å². The van der Waals surface area contributed by atoms with Crippen LogP contribution in [0.1, 0.15) is 98.2 Å². The first-order valence-corrected chi connectivity index (χ1v) is 19.4. The van der Waals surface area contributed by atoms with Crippen molar-refractivity contribution >= 4 is 35.4 Å². The Morgan fingerprint density at radius 2 is 1.42 bits per heavy atom. The Bertz CT molecular complexity index is 1740. The topological polar surface area (TPSA) is 181 Å². The van der Waals surface area contributed by atoms with Gasteiger partial charge in [-0.15, -0.1) is 0 Å². The summed E-state index contributed by atoms with van der Waals surface area (Å²) in [4.78, 5) is 83.9. The SMILES string of the molecule is CN[C@@H](C)C(=O)N[C@H]1CCN(C(=O)c2ccc(C(=O)N[C@H]3C[C@@H](C(=O)N[C@@H]4CCCc5ccccc54)N(C(=O)[C@@H](NC(=O)[C@H](C)NC)C(C)(C)C)C3)cc2)C1. The van der Waals surface area contributed by atoms with E-state index in [0.29, 0.717) is 30.6 Å². The highest BCUT2D eigenvalue weighted by Gasteiger charge is 2.46. The minimum absolute atomic E-state index is 0.0737. The van der Waals surface area contributed by atoms with E-state index < -0.39 is 41.4 Å². The molecule has 1 aliphatic carbocycles. The Balaban J connectivity index is 1.29. The molecule has 0 radical (unpaired) electrons. The summed E-state index contributed by atoms with van der Waals surface area (Å²) in [6, 6.07) is 10.9. The zero-order valence-corrected chi connectivity index (χ0v) is 33.2. The Morgan fingerprint density at radius 3 is 2.09 bits per heavy atom. The van der Waals surface area contributed by atoms with Gasteiger partial charge in [0, 0.05) is 42.8 Å². The summed E-state index contributed by atoms with van der Waals surface area (Å²) in [6.45, 7) is 10.1. The number of nitrogens with zero attached hydrogens (tertiary/aromatic N) is 2. The lowest BCUT2D eigenvalue weighted by atomic mass is 9.85. The summed E-state index contributed by atoms with van der Waals surface area (Å²) >= 11 is 0. The van der Waals surface area contributed by atoms with Crippen LogP contribution in [0.3, 0.4) is 0 Å². The van der Waals surface area contributed by atoms with Crippen molar-refractivity contribution in [3.05, 3.63) is 70.8 Å². The molecule has 2 fully saturated rings. The monoisotopic (exact) mass is 758 g/mol. The maximum absolute atomic E-state index is 14.4. The van der Waals surface area contributed by atoms with Gasteiger partial charge in [-0.1, -0.05) is 45.0 Å². The number of benzene rings is 2. The summed E-state index contributed by atoms with van der Waals surface area (Å²) < 4.78 is 0. The molecular formula is C41H58N8O6. The number of hydrogen-bond donors (Lipinski definition) is 6. The number of fused-ring (bicyclic) bond motifs is 1. The number of carbonyl (C=O) groups excluding carboxylic acids is 6. The summed E-state index contributed by atoms with van der Waals surface area (Å²) in [7, 11) is 3.38. The van der Waals surface area contributed by atoms with Crippen molar-refractivity contribution in [2.75, 3.05) is 33.7 Å². The van der Waals surface area contributed by atoms with Crippen molar-refractivity contribution in [3.8, 4) is 0 Å². The fourth-order valence-corrected chi connectivity index (χ4v) is 7.55. The van der Waals surface area contributed by atoms with E-state index in [4.69, 9.17) is 0 Å². The molecule has 298 valence electrons. The van der Waals surface area contributed by atoms with Crippen molar-refractivity contribution in [2.24, 2.45) is 5.41 Å². The van der Waals surface area contributed by atoms with Crippen molar-refractivity contribution in [3.63, 3.8) is 0 Å². The molecule has 0 bridgehead atoms. The zero-order chi connectivity index (χ0) is 40.0. The number of nitrogens with one attached hydrogen (secondary N) is 6. The maximum Gasteiger partial charge on any atom is 0.253 e. The number of amides is 6. The molecule has 55 heavy (non-hydrogen) atoms. The van der Waals surface area contributed by atoms with Crippen LogP contribution < -0.4 is 31.9 Å². The van der Waals surface area contributed by atoms with Gasteiger partial charge in [0.1, 0.15) is 12.1 Å². The number of rotatable bonds is 12. The lowest BCUT2D eigenvalue weighted by Gasteiger charge is -2.36. The summed E-state index contributed by atoms with van der Waals surface area (Å²) in [5.74, 6) is -1.74. The van der Waals surface area contributed by atoms with E-state index >= 15 is 0 Å². The highest BCUT2D eigenvalue weighted by Crippen LogP contribution is 2.31. The van der Waals surface area contributed by atoms with Gasteiger partial charge in [0.2, 0.25) is 23.6 Å². The molecule has 2 saturated heterocycles. The molecule has 2 aromatic rings. The third-order valence-electron chi connectivity index (χ3n) is 11.2. The number of likely N-dealkylation sites (N-methyl/N-ethyl adjacent to an activating group) is 2. The first kappa shape index (κ1) is 41.3. The minimum Gasteiger partial charge on any atom is -0.350 e. The molecule has 2 heterocycles. The van der Waals surface area contributed by atoms with Gasteiger partial charge >= 0.3 is 0 Å². The Hall–Kier alpha value is -4.82. The molecule has 0 unspecified atom stereocenters. The quantitative estimate of drug-likeness (QED) is 0.189. The van der Waals surface area contributed by atoms with Crippen LogP contribution in [0.5, 0.6) is 0 Å². The second-order valence-corrected chi connectivity index (χ2v) is 16.2. The minimum atomic E-state index is -0.930. The number of likely N-dealkylation sites (tertiary alicyclic amines) is 2. The van der Waals surface area contributed by atoms with Crippen LogP contribution in [-0.4, -0.2) is 115 Å². The Morgan fingerprint density at radius 1 is 0.764 bits per heavy atom. The van der Waals surface area contributed by atoms with E-state index in [9.17, 15) is 28.8 Å². The molecule has 0 saturated carbocycles. The van der Waals surface area contributed by atoms with Crippen molar-refractivity contribution in [1.82, 2.24) is 41.7 Å². The highest BCUT2D eigenvalue weighted by molar-refractivity contribution is 5.99. The first-order chi connectivity index (χ1) is 26.1. The Kier molecular flexibility index (Phi) is 13.3. The lowest BCUT2D eigenvalue weighted by Crippen LogP contribution is -2.59. The number of hydrogen-bond acceptors (Lipinski definition) is 8. The molecule has 2 aromatic carbocycles. The molecular weight excluding hydrogens is 701 g/mol. The van der Waals surface area contributed by atoms with Gasteiger partial charge in [0.25, 0.3) is 11.8 Å². The fraction of sp³-hybridized carbons (Fsp3) is 0.561. The highest BCUT2D eigenvalue weighted by atomic mass is 16.2. The van der Waals surface area contributed by atoms with Gasteiger partial charge in [-0.2, -0.15) is 0 Å². The van der Waals surface area contributed by atoms with Gasteiger partial charge in [-0.05, 0) is 101 Å². The lowest BCUT2D eigenvalue weighted by molar-refractivity contribution is -0.144. The smallest absolute Gasteiger partial charge is 0.253 e. The van der Waals surface area contributed by atoms with E-state index in [2.05, 4.69) is 38.0 Å². The van der Waals surface area contributed by atoms with Gasteiger partial charge < -0.3 is 41.7 Å². The van der Waals surface area contributed by atoms with Gasteiger partial charge in [0.15, 0.2) is 0 Å². The average molecular weight is 759 g/mol. The second-order valence-electron chi connectivity index (χ2n) is 16.2. The zero-order valence-electron chi connectivity index (χ0n) is 33.2. The predicted molar refractivity (Wildman–Crippen MR) is 209 cm³/mol. The van der Waals surface area contributed by atoms with Crippen LogP contribution in [-0.2, 0) is 25.6 Å². The molecule has 3 aliphatic rings. The molecule has 2 aliphatic heterocycles. The third kappa shape index (κ3) is 9.90. The summed E-state index contributed by atoms with van der Waals surface area (Å²) in [5, 5.41) is 17.9. The molecule has 14 nitrogen and oxygen atoms in total. The van der Waals surface area contributed by atoms with Gasteiger partial charge in [-0.3, -0.25) is 28.8 Å². The van der Waals surface area contributed by atoms with E-state index in [1.807, 2.05) is 39.0 Å². The summed E-state index contributed by atoms with van der Waals surface area (Å²) in [5.41, 5.74) is 2.34. The second kappa shape index (κ2) is 17.8. The maximum atomic E-state index is 14.4. The molecule has 0 aromatic heterocycles. The number of aryl methyl sites for hydroxylation is 1. The van der Waals surface area contributed by atoms with E-state index in [1.165, 1.54) is 10.5 Å². The predicted octanol–water partition coefficient (Wildman–Crippen LogP) is 1.66. The molecule has 14 heteroatoms. The van der Waals surface area contributed by atoms with Crippen LogP contribution in [0.4, 0.5) is 0 Å². The molecule has 5 rings (SSSR count). The Labute approximate surface area is 324 Å². The van der Waals surface area contributed by atoms with Crippen LogP contribution in [0, 0.1) is 5.41 Å². The summed E-state index contributed by atoms with van der Waals surface area (Å²) in [6.07, 6.45) is 3.47. The van der Waals surface area contributed by atoms with Crippen LogP contribution in [0.15, 0.2) is 48.5 Å². The van der Waals surface area contributed by atoms with Crippen molar-refractivity contribution in [2.45, 2.75) is 109 Å². The van der Waals surface area contributed by atoms with Crippen molar-refractivity contribution in [1.29, 1.82) is 0 Å². The molecule has 0 spiro atoms. The van der Waals surface area contributed by atoms with E-state index in [1.54, 1.807) is 57.1 Å². The van der Waals surface area contributed by atoms with Crippen LogP contribution in [0.25, 0.3) is 0 Å². The fourth-order valence-electron chi connectivity index (χ4n) is 7.55. The van der Waals surface area contributed by atoms with Gasteiger partial charge in [0.05, 0.1) is 18.1 Å². The average Bonchev–Trinajstić information content (AvgIpc) is 3.82. The van der Waals surface area contributed by atoms with Crippen molar-refractivity contribution < 1.29 is 28.8 Å². The normalized spacial score (nSPS) is 22.5. The first-order valence-electron chi connectivity index (χ1n) is 19.4. The van der Waals surface area contributed by atoms with Crippen LogP contribution in [0.2, 0.25) is 0 Å².